The summed E-state index contributed by atoms with van der Waals surface area (Å²) < 4.78 is 16.8. The van der Waals surface area contributed by atoms with Crippen molar-refractivity contribution in [3.63, 3.8) is 0 Å². The monoisotopic (exact) mass is 496 g/mol. The third-order valence-electron chi connectivity index (χ3n) is 6.96. The van der Waals surface area contributed by atoms with E-state index in [1.54, 1.807) is 6.92 Å². The van der Waals surface area contributed by atoms with Crippen LogP contribution in [0.25, 0.3) is 0 Å². The molecule has 2 aromatic rings. The third kappa shape index (κ3) is 3.91. The molecule has 4 atom stereocenters. The van der Waals surface area contributed by atoms with Crippen LogP contribution in [0.1, 0.15) is 60.1 Å². The van der Waals surface area contributed by atoms with Gasteiger partial charge in [-0.25, -0.2) is 9.78 Å². The molecule has 8 nitrogen and oxygen atoms in total. The number of methoxy groups -OCH3 is 1. The van der Waals surface area contributed by atoms with Crippen molar-refractivity contribution < 1.29 is 28.6 Å². The molecule has 0 radical (unpaired) electrons. The number of aryl methyl sites for hydroxylation is 1. The van der Waals surface area contributed by atoms with Crippen LogP contribution in [0.4, 0.5) is 5.13 Å². The van der Waals surface area contributed by atoms with Crippen molar-refractivity contribution in [2.75, 3.05) is 18.6 Å². The van der Waals surface area contributed by atoms with Crippen LogP contribution in [0, 0.1) is 18.8 Å². The number of Topliss-reactive ketones (excluding diaryl/α,β-unsaturated/α-hetero) is 1. The third-order valence-corrected chi connectivity index (χ3v) is 8.09. The number of ether oxygens (including phenoxy) is 3. The number of aromatic nitrogens is 1. The molecule has 1 aliphatic carbocycles. The first-order valence-corrected chi connectivity index (χ1v) is 12.7. The summed E-state index contributed by atoms with van der Waals surface area (Å²) in [6.07, 6.45) is 2.15. The van der Waals surface area contributed by atoms with Gasteiger partial charge in [-0.1, -0.05) is 30.4 Å². The number of thiazole rings is 1. The smallest absolute Gasteiger partial charge is 0.350 e. The summed E-state index contributed by atoms with van der Waals surface area (Å²) in [5.41, 5.74) is 1.55. The van der Waals surface area contributed by atoms with E-state index in [9.17, 15) is 14.4 Å². The highest BCUT2D eigenvalue weighted by molar-refractivity contribution is 7.17. The van der Waals surface area contributed by atoms with E-state index in [1.165, 1.54) is 12.0 Å². The number of hydrogen-bond acceptors (Lipinski definition) is 8. The number of esters is 1. The van der Waals surface area contributed by atoms with Crippen LogP contribution in [-0.2, 0) is 19.1 Å². The molecule has 3 aliphatic rings. The van der Waals surface area contributed by atoms with Gasteiger partial charge < -0.3 is 14.2 Å². The van der Waals surface area contributed by atoms with Crippen LogP contribution >= 0.6 is 11.3 Å². The van der Waals surface area contributed by atoms with Gasteiger partial charge in [0.05, 0.1) is 36.9 Å². The molecule has 0 N–H and O–H groups in total. The first kappa shape index (κ1) is 23.5. The molecule has 1 aromatic heterocycles. The Morgan fingerprint density at radius 1 is 1.29 bits per heavy atom. The maximum absolute atomic E-state index is 13.9. The zero-order valence-corrected chi connectivity index (χ0v) is 21.0. The summed E-state index contributed by atoms with van der Waals surface area (Å²) in [6, 6.07) is 6.67. The van der Waals surface area contributed by atoms with Crippen LogP contribution in [0.15, 0.2) is 35.6 Å². The van der Waals surface area contributed by atoms with E-state index in [-0.39, 0.29) is 23.6 Å². The molecule has 0 saturated heterocycles. The lowest BCUT2D eigenvalue weighted by Crippen LogP contribution is -2.41. The van der Waals surface area contributed by atoms with Crippen molar-refractivity contribution in [2.24, 2.45) is 11.8 Å². The van der Waals surface area contributed by atoms with E-state index >= 15 is 0 Å². The van der Waals surface area contributed by atoms with Gasteiger partial charge in [0.15, 0.2) is 16.7 Å². The van der Waals surface area contributed by atoms with Crippen LogP contribution in [0.3, 0.4) is 0 Å². The molecule has 1 aromatic carbocycles. The molecule has 3 heterocycles. The largest absolute Gasteiger partial charge is 0.494 e. The average molecular weight is 497 g/mol. The second-order valence-corrected chi connectivity index (χ2v) is 10.3. The molecule has 1 fully saturated rings. The van der Waals surface area contributed by atoms with Gasteiger partial charge in [0.25, 0.3) is 5.91 Å². The minimum absolute atomic E-state index is 0.0352. The lowest BCUT2D eigenvalue weighted by atomic mass is 9.74. The van der Waals surface area contributed by atoms with E-state index in [0.717, 1.165) is 36.2 Å². The highest BCUT2D eigenvalue weighted by atomic mass is 32.1. The predicted octanol–water partition coefficient (Wildman–Crippen LogP) is 4.38. The van der Waals surface area contributed by atoms with Crippen LogP contribution in [0.5, 0.6) is 5.75 Å². The summed E-state index contributed by atoms with van der Waals surface area (Å²) in [5, 5.41) is 0.321. The molecule has 184 valence electrons. The Labute approximate surface area is 207 Å². The summed E-state index contributed by atoms with van der Waals surface area (Å²) in [7, 11) is 1.31. The summed E-state index contributed by atoms with van der Waals surface area (Å²) in [5.74, 6) is -0.0720. The maximum Gasteiger partial charge on any atom is 0.350 e. The van der Waals surface area contributed by atoms with Gasteiger partial charge in [0, 0.05) is 0 Å². The normalized spacial score (nSPS) is 25.8. The van der Waals surface area contributed by atoms with Gasteiger partial charge in [0.1, 0.15) is 16.7 Å². The van der Waals surface area contributed by atoms with Crippen LogP contribution < -0.4 is 9.64 Å². The van der Waals surface area contributed by atoms with Gasteiger partial charge in [-0.15, -0.1) is 0 Å². The lowest BCUT2D eigenvalue weighted by molar-refractivity contribution is -0.132. The number of amides is 1. The molecule has 0 bridgehead atoms. The number of ketones is 1. The first-order valence-electron chi connectivity index (χ1n) is 11.9. The van der Waals surface area contributed by atoms with Crippen molar-refractivity contribution in [1.29, 1.82) is 0 Å². The van der Waals surface area contributed by atoms with Crippen molar-refractivity contribution in [2.45, 2.75) is 52.2 Å². The van der Waals surface area contributed by atoms with Crippen molar-refractivity contribution >= 4 is 34.1 Å². The fourth-order valence-electron chi connectivity index (χ4n) is 5.30. The fourth-order valence-corrected chi connectivity index (χ4v) is 6.31. The second-order valence-electron chi connectivity index (χ2n) is 9.27. The van der Waals surface area contributed by atoms with Gasteiger partial charge in [0.2, 0.25) is 0 Å². The van der Waals surface area contributed by atoms with E-state index in [2.05, 4.69) is 11.9 Å². The average Bonchev–Trinajstić information content (AvgIpc) is 3.37. The number of fused-ring (bicyclic) bond motifs is 1. The number of hydrogen-bond donors (Lipinski definition) is 0. The predicted molar refractivity (Wildman–Crippen MR) is 129 cm³/mol. The lowest BCUT2D eigenvalue weighted by Gasteiger charge is -2.37. The van der Waals surface area contributed by atoms with Gasteiger partial charge in [-0.05, 0) is 56.7 Å². The number of anilines is 1. The number of rotatable bonds is 5. The second kappa shape index (κ2) is 9.11. The summed E-state index contributed by atoms with van der Waals surface area (Å²) in [6.45, 7) is 6.23. The quantitative estimate of drug-likeness (QED) is 0.567. The van der Waals surface area contributed by atoms with Crippen molar-refractivity contribution in [3.05, 3.63) is 51.7 Å². The summed E-state index contributed by atoms with van der Waals surface area (Å²) in [4.78, 5) is 46.3. The molecular formula is C26H28N2O6S. The Kier molecular flexibility index (Phi) is 6.13. The number of carbonyl (C=O) groups is 3. The van der Waals surface area contributed by atoms with Gasteiger partial charge in [-0.2, -0.15) is 0 Å². The molecule has 4 unspecified atom stereocenters. The summed E-state index contributed by atoms with van der Waals surface area (Å²) >= 11 is 1.07. The Morgan fingerprint density at radius 3 is 2.83 bits per heavy atom. The molecule has 0 spiro atoms. The highest BCUT2D eigenvalue weighted by Crippen LogP contribution is 2.50. The van der Waals surface area contributed by atoms with E-state index in [4.69, 9.17) is 14.2 Å². The van der Waals surface area contributed by atoms with Crippen molar-refractivity contribution in [1.82, 2.24) is 4.98 Å². The minimum Gasteiger partial charge on any atom is -0.494 e. The van der Waals surface area contributed by atoms with Gasteiger partial charge >= 0.3 is 5.97 Å². The van der Waals surface area contributed by atoms with Crippen molar-refractivity contribution in [3.8, 4) is 5.75 Å². The fraction of sp³-hybridized carbons (Fsp3) is 0.462. The number of carbonyl (C=O) groups excluding carboxylic acids is 3. The molecule has 1 saturated carbocycles. The Morgan fingerprint density at radius 2 is 2.09 bits per heavy atom. The topological polar surface area (TPSA) is 95.0 Å². The zero-order chi connectivity index (χ0) is 24.9. The first-order chi connectivity index (χ1) is 16.8. The minimum atomic E-state index is -0.723. The van der Waals surface area contributed by atoms with Gasteiger partial charge in [-0.3, -0.25) is 14.5 Å². The van der Waals surface area contributed by atoms with E-state index < -0.39 is 17.9 Å². The van der Waals surface area contributed by atoms with Crippen LogP contribution in [-0.4, -0.2) is 42.5 Å². The van der Waals surface area contributed by atoms with E-state index in [0.29, 0.717) is 39.6 Å². The van der Waals surface area contributed by atoms with E-state index in [1.807, 2.05) is 31.2 Å². The zero-order valence-electron chi connectivity index (χ0n) is 20.2. The Balaban J connectivity index is 1.64. The SMILES string of the molecule is CCOc1cccc(C2C3=C(OC4CCC(C)CC4C3=O)C(=O)N2c2nc(C)c(C(=O)OC)s2)c1. The Bertz CT molecular complexity index is 1230. The molecular weight excluding hydrogens is 468 g/mol. The molecule has 2 aliphatic heterocycles. The molecule has 5 rings (SSSR count). The highest BCUT2D eigenvalue weighted by Gasteiger charge is 2.53. The van der Waals surface area contributed by atoms with Crippen LogP contribution in [0.2, 0.25) is 0 Å². The standard InChI is InChI=1S/C26H28N2O6S/c1-5-33-16-8-6-7-15(12-16)20-19-21(29)17-11-13(2)9-10-18(17)34-22(19)24(30)28(20)26-27-14(3)23(35-26)25(31)32-4/h6-8,12-13,17-18,20H,5,9-11H2,1-4H3. The molecule has 1 amide bonds. The molecule has 35 heavy (non-hydrogen) atoms. The number of benzene rings is 1. The number of nitrogens with zero attached hydrogens (tertiary/aromatic N) is 2. The Hall–Kier alpha value is -3.20. The maximum atomic E-state index is 13.9. The molecule has 9 heteroatoms.